The zero-order valence-electron chi connectivity index (χ0n) is 43.8. The SMILES string of the molecule is CN(C)CCCN1c2ccccc2CCc2ccccc21.Cc1ccc(O)c([C@H](CCN(C(C)C)C(C)C)c2ccccc2)c1.O=C(O)c1cc2ccccc2c(Cc2c(O)c(C(=O)O)cc3ccccc23)c1O. The number of carboxylic acid groups (broad SMARTS) is 2. The van der Waals surface area contributed by atoms with Gasteiger partial charge in [0.1, 0.15) is 28.4 Å². The Hall–Kier alpha value is -7.66. The van der Waals surface area contributed by atoms with Crippen LogP contribution >= 0.6 is 0 Å². The highest BCUT2D eigenvalue weighted by atomic mass is 16.4. The van der Waals surface area contributed by atoms with Crippen LogP contribution in [0.15, 0.2) is 158 Å². The Morgan fingerprint density at radius 3 is 1.54 bits per heavy atom. The largest absolute Gasteiger partial charge is 0.508 e. The Balaban J connectivity index is 0.000000165. The number of aromatic hydroxyl groups is 3. The maximum Gasteiger partial charge on any atom is 0.339 e. The number of benzene rings is 8. The summed E-state index contributed by atoms with van der Waals surface area (Å²) in [5.41, 5.74) is 9.33. The van der Waals surface area contributed by atoms with E-state index in [0.29, 0.717) is 50.5 Å². The maximum absolute atomic E-state index is 11.6. The molecule has 9 rings (SSSR count). The van der Waals surface area contributed by atoms with Crippen molar-refractivity contribution in [2.24, 2.45) is 0 Å². The molecule has 8 aromatic carbocycles. The van der Waals surface area contributed by atoms with Crippen LogP contribution in [0.25, 0.3) is 21.5 Å². The predicted molar refractivity (Wildman–Crippen MR) is 301 cm³/mol. The average Bonchev–Trinajstić information content (AvgIpc) is 3.54. The lowest BCUT2D eigenvalue weighted by Gasteiger charge is -2.32. The third-order valence-corrected chi connectivity index (χ3v) is 14.0. The van der Waals surface area contributed by atoms with Crippen LogP contribution in [0.5, 0.6) is 17.2 Å². The monoisotopic (exact) mass is 994 g/mol. The standard InChI is InChI=1S/C23H16O6.C22H31NO.C19H24N2/c24-20-16(14-7-3-1-5-12(14)9-18(20)22(26)27)11-17-15-8-4-2-6-13(15)10-19(21(17)25)23(28)29;1-16(2)23(17(3)4)14-13-20(19-9-7-6-8-10-19)21-15-18(5)11-12-22(21)24;1-20(2)14-7-15-21-18-10-5-3-8-16(18)12-13-17-9-4-6-11-19(17)21/h1-10,24-25H,11H2,(H,26,27)(H,28,29);6-12,15-17,20,24H,13-14H2,1-5H3;3-6,8-11H,7,12-15H2,1-2H3/t;20-;/m.1./s1. The van der Waals surface area contributed by atoms with Crippen molar-refractivity contribution in [1.29, 1.82) is 0 Å². The van der Waals surface area contributed by atoms with Crippen LogP contribution in [0, 0.1) is 6.92 Å². The number of carbonyl (C=O) groups is 2. The fourth-order valence-electron chi connectivity index (χ4n) is 10.4. The lowest BCUT2D eigenvalue weighted by atomic mass is 9.87. The van der Waals surface area contributed by atoms with Gasteiger partial charge in [-0.25, -0.2) is 9.59 Å². The number of hydrogen-bond acceptors (Lipinski definition) is 8. The molecule has 0 aromatic heterocycles. The topological polar surface area (TPSA) is 145 Å². The quantitative estimate of drug-likeness (QED) is 0.0673. The van der Waals surface area contributed by atoms with Crippen LogP contribution < -0.4 is 4.90 Å². The van der Waals surface area contributed by atoms with Gasteiger partial charge in [-0.3, -0.25) is 4.90 Å². The van der Waals surface area contributed by atoms with E-state index in [0.717, 1.165) is 44.5 Å². The van der Waals surface area contributed by atoms with E-state index in [1.165, 1.54) is 52.2 Å². The number of para-hydroxylation sites is 2. The third kappa shape index (κ3) is 12.9. The molecule has 1 atom stereocenters. The van der Waals surface area contributed by atoms with Crippen molar-refractivity contribution in [3.8, 4) is 17.2 Å². The van der Waals surface area contributed by atoms with Gasteiger partial charge in [-0.2, -0.15) is 0 Å². The Morgan fingerprint density at radius 2 is 1.05 bits per heavy atom. The van der Waals surface area contributed by atoms with Crippen molar-refractivity contribution in [3.63, 3.8) is 0 Å². The van der Waals surface area contributed by atoms with Gasteiger partial charge in [-0.05, 0) is 156 Å². The first-order valence-electron chi connectivity index (χ1n) is 25.7. The van der Waals surface area contributed by atoms with E-state index in [-0.39, 0.29) is 23.5 Å². The summed E-state index contributed by atoms with van der Waals surface area (Å²) in [6, 6.07) is 52.0. The molecule has 1 aliphatic rings. The molecule has 0 aliphatic carbocycles. The highest BCUT2D eigenvalue weighted by molar-refractivity contribution is 6.02. The summed E-state index contributed by atoms with van der Waals surface area (Å²) in [5.74, 6) is -2.74. The normalized spacial score (nSPS) is 12.4. The first-order valence-corrected chi connectivity index (χ1v) is 25.7. The highest BCUT2D eigenvalue weighted by Gasteiger charge is 2.25. The Bertz CT molecular complexity index is 3050. The van der Waals surface area contributed by atoms with Crippen molar-refractivity contribution >= 4 is 44.9 Å². The molecule has 0 bridgehead atoms. The summed E-state index contributed by atoms with van der Waals surface area (Å²) >= 11 is 0. The van der Waals surface area contributed by atoms with Gasteiger partial charge in [0.15, 0.2) is 0 Å². The molecule has 0 radical (unpaired) electrons. The first-order chi connectivity index (χ1) is 35.5. The fraction of sp³-hybridized carbons (Fsp3) is 0.281. The summed E-state index contributed by atoms with van der Waals surface area (Å²) in [6.45, 7) is 14.3. The molecule has 1 heterocycles. The second-order valence-corrected chi connectivity index (χ2v) is 20.0. The van der Waals surface area contributed by atoms with Gasteiger partial charge in [0, 0.05) is 59.0 Å². The molecule has 0 saturated carbocycles. The van der Waals surface area contributed by atoms with Crippen molar-refractivity contribution in [3.05, 3.63) is 208 Å². The molecule has 8 aromatic rings. The Labute approximate surface area is 436 Å². The number of phenols is 3. The Kier molecular flexibility index (Phi) is 18.2. The third-order valence-electron chi connectivity index (χ3n) is 14.0. The van der Waals surface area contributed by atoms with Gasteiger partial charge in [-0.15, -0.1) is 0 Å². The molecule has 74 heavy (non-hydrogen) atoms. The number of aryl methyl sites for hydroxylation is 3. The van der Waals surface area contributed by atoms with Crippen LogP contribution in [-0.4, -0.2) is 93.1 Å². The molecule has 10 nitrogen and oxygen atoms in total. The molecule has 10 heteroatoms. The minimum absolute atomic E-state index is 0.0407. The number of phenolic OH excluding ortho intramolecular Hbond substituents is 1. The number of fused-ring (bicyclic) bond motifs is 4. The van der Waals surface area contributed by atoms with Crippen LogP contribution in [0.3, 0.4) is 0 Å². The van der Waals surface area contributed by atoms with Crippen molar-refractivity contribution < 1.29 is 35.1 Å². The molecular weight excluding hydrogens is 923 g/mol. The number of aromatic carboxylic acids is 2. The minimum atomic E-state index is -1.28. The van der Waals surface area contributed by atoms with E-state index < -0.39 is 23.4 Å². The smallest absolute Gasteiger partial charge is 0.339 e. The summed E-state index contributed by atoms with van der Waals surface area (Å²) in [6.07, 6.45) is 4.41. The van der Waals surface area contributed by atoms with Crippen LogP contribution in [0.4, 0.5) is 11.4 Å². The molecule has 0 saturated heterocycles. The fourth-order valence-corrected chi connectivity index (χ4v) is 10.4. The molecule has 0 fully saturated rings. The van der Waals surface area contributed by atoms with E-state index in [1.54, 1.807) is 48.5 Å². The van der Waals surface area contributed by atoms with E-state index in [2.05, 4.69) is 142 Å². The number of hydrogen-bond donors (Lipinski definition) is 5. The number of rotatable bonds is 15. The summed E-state index contributed by atoms with van der Waals surface area (Å²) < 4.78 is 0. The molecular formula is C64H71N3O7. The van der Waals surface area contributed by atoms with Crippen molar-refractivity contribution in [2.75, 3.05) is 38.6 Å². The molecule has 1 aliphatic heterocycles. The van der Waals surface area contributed by atoms with Crippen LogP contribution in [-0.2, 0) is 19.3 Å². The number of anilines is 2. The summed E-state index contributed by atoms with van der Waals surface area (Å²) in [4.78, 5) is 30.5. The lowest BCUT2D eigenvalue weighted by Crippen LogP contribution is -2.38. The lowest BCUT2D eigenvalue weighted by molar-refractivity contribution is 0.0682. The first kappa shape index (κ1) is 54.1. The van der Waals surface area contributed by atoms with Crippen LogP contribution in [0.2, 0.25) is 0 Å². The average molecular weight is 994 g/mol. The second kappa shape index (κ2) is 24.8. The Morgan fingerprint density at radius 1 is 0.581 bits per heavy atom. The van der Waals surface area contributed by atoms with E-state index in [4.69, 9.17) is 0 Å². The van der Waals surface area contributed by atoms with Crippen molar-refractivity contribution in [2.45, 2.75) is 84.7 Å². The van der Waals surface area contributed by atoms with E-state index in [1.807, 2.05) is 18.2 Å². The molecule has 0 amide bonds. The summed E-state index contributed by atoms with van der Waals surface area (Å²) in [7, 11) is 4.29. The zero-order valence-corrected chi connectivity index (χ0v) is 43.8. The van der Waals surface area contributed by atoms with Gasteiger partial charge < -0.3 is 35.3 Å². The maximum atomic E-state index is 11.6. The summed E-state index contributed by atoms with van der Waals surface area (Å²) in [5, 5.41) is 53.2. The molecule has 0 spiro atoms. The molecule has 384 valence electrons. The molecule has 5 N–H and O–H groups in total. The predicted octanol–water partition coefficient (Wildman–Crippen LogP) is 13.6. The van der Waals surface area contributed by atoms with Gasteiger partial charge >= 0.3 is 11.9 Å². The van der Waals surface area contributed by atoms with Gasteiger partial charge in [0.2, 0.25) is 0 Å². The van der Waals surface area contributed by atoms with Crippen molar-refractivity contribution in [1.82, 2.24) is 9.80 Å². The number of carboxylic acids is 2. The van der Waals surface area contributed by atoms with Gasteiger partial charge in [0.05, 0.1) is 0 Å². The minimum Gasteiger partial charge on any atom is -0.508 e. The zero-order chi connectivity index (χ0) is 53.1. The second-order valence-electron chi connectivity index (χ2n) is 20.0. The molecule has 0 unspecified atom stereocenters. The highest BCUT2D eigenvalue weighted by Crippen LogP contribution is 2.40. The van der Waals surface area contributed by atoms with E-state index in [9.17, 15) is 35.1 Å². The van der Waals surface area contributed by atoms with Gasteiger partial charge in [-0.1, -0.05) is 133 Å². The van der Waals surface area contributed by atoms with E-state index >= 15 is 0 Å². The van der Waals surface area contributed by atoms with Crippen LogP contribution in [0.1, 0.15) is 106 Å². The number of nitrogens with zero attached hydrogens (tertiary/aromatic N) is 3. The van der Waals surface area contributed by atoms with Gasteiger partial charge in [0.25, 0.3) is 0 Å².